The average Bonchev–Trinajstić information content (AvgIpc) is 3.13. The van der Waals surface area contributed by atoms with Crippen molar-refractivity contribution < 1.29 is 19.3 Å². The predicted molar refractivity (Wildman–Crippen MR) is 129 cm³/mol. The fraction of sp³-hybridized carbons (Fsp3) is 0.423. The van der Waals surface area contributed by atoms with Crippen LogP contribution in [0.1, 0.15) is 23.7 Å². The molecule has 0 bridgehead atoms. The summed E-state index contributed by atoms with van der Waals surface area (Å²) in [6, 6.07) is 17.9. The number of hydrogen-bond acceptors (Lipinski definition) is 6. The second kappa shape index (κ2) is 12.5. The van der Waals surface area contributed by atoms with Crippen molar-refractivity contribution >= 4 is 0 Å². The van der Waals surface area contributed by atoms with Crippen LogP contribution in [0.2, 0.25) is 0 Å². The van der Waals surface area contributed by atoms with Crippen molar-refractivity contribution in [1.29, 1.82) is 0 Å². The van der Waals surface area contributed by atoms with Crippen LogP contribution in [0.15, 0.2) is 54.6 Å². The third-order valence-electron chi connectivity index (χ3n) is 5.35. The fourth-order valence-corrected chi connectivity index (χ4v) is 3.57. The summed E-state index contributed by atoms with van der Waals surface area (Å²) in [5, 5.41) is 15.3. The Morgan fingerprint density at radius 3 is 2.45 bits per heavy atom. The van der Waals surface area contributed by atoms with Crippen LogP contribution in [0.25, 0.3) is 5.69 Å². The van der Waals surface area contributed by atoms with Gasteiger partial charge in [-0.2, -0.15) is 5.10 Å². The molecule has 178 valence electrons. The normalized spacial score (nSPS) is 12.3. The van der Waals surface area contributed by atoms with Gasteiger partial charge >= 0.3 is 0 Å². The van der Waals surface area contributed by atoms with Gasteiger partial charge in [-0.1, -0.05) is 35.9 Å². The Labute approximate surface area is 196 Å². The maximum absolute atomic E-state index is 10.5. The third-order valence-corrected chi connectivity index (χ3v) is 5.35. The molecule has 1 heterocycles. The van der Waals surface area contributed by atoms with E-state index in [4.69, 9.17) is 19.3 Å². The molecular weight excluding hydrogens is 418 g/mol. The number of benzene rings is 2. The standard InChI is InChI=1S/C26H35N3O4/c1-5-32-19-23(30)17-28(15-16-31-4)18-25-21(3)27-29(22-9-7-6-8-10-22)26(25)33-24-13-11-20(2)12-14-24/h6-14,23,30H,5,15-19H2,1-4H3. The minimum atomic E-state index is -0.590. The van der Waals surface area contributed by atoms with E-state index in [0.717, 1.165) is 22.7 Å². The summed E-state index contributed by atoms with van der Waals surface area (Å²) in [5.41, 5.74) is 3.94. The molecule has 3 aromatic rings. The summed E-state index contributed by atoms with van der Waals surface area (Å²) in [7, 11) is 1.68. The number of hydrogen-bond donors (Lipinski definition) is 1. The Kier molecular flexibility index (Phi) is 9.45. The molecular formula is C26H35N3O4. The summed E-state index contributed by atoms with van der Waals surface area (Å²) in [4.78, 5) is 2.15. The first-order valence-electron chi connectivity index (χ1n) is 11.4. The predicted octanol–water partition coefficient (Wildman–Crippen LogP) is 4.13. The number of methoxy groups -OCH3 is 1. The Bertz CT molecular complexity index is 973. The van der Waals surface area contributed by atoms with Crippen molar-refractivity contribution in [3.05, 3.63) is 71.4 Å². The largest absolute Gasteiger partial charge is 0.439 e. The molecule has 33 heavy (non-hydrogen) atoms. The molecule has 7 heteroatoms. The molecule has 3 rings (SSSR count). The van der Waals surface area contributed by atoms with Gasteiger partial charge in [0, 0.05) is 33.4 Å². The van der Waals surface area contributed by atoms with E-state index in [0.29, 0.717) is 45.3 Å². The second-order valence-corrected chi connectivity index (χ2v) is 8.07. The van der Waals surface area contributed by atoms with Crippen molar-refractivity contribution in [3.8, 4) is 17.3 Å². The van der Waals surface area contributed by atoms with E-state index in [1.54, 1.807) is 7.11 Å². The van der Waals surface area contributed by atoms with Crippen LogP contribution in [0.5, 0.6) is 11.6 Å². The third kappa shape index (κ3) is 7.14. The molecule has 1 N–H and O–H groups in total. The molecule has 7 nitrogen and oxygen atoms in total. The van der Waals surface area contributed by atoms with Gasteiger partial charge in [-0.3, -0.25) is 4.90 Å². The number of ether oxygens (including phenoxy) is 3. The number of rotatable bonds is 13. The van der Waals surface area contributed by atoms with Gasteiger partial charge in [-0.15, -0.1) is 0 Å². The summed E-state index contributed by atoms with van der Waals surface area (Å²) >= 11 is 0. The molecule has 0 amide bonds. The lowest BCUT2D eigenvalue weighted by atomic mass is 10.2. The van der Waals surface area contributed by atoms with Gasteiger partial charge in [0.15, 0.2) is 0 Å². The van der Waals surface area contributed by atoms with Crippen LogP contribution < -0.4 is 4.74 Å². The van der Waals surface area contributed by atoms with Gasteiger partial charge in [0.25, 0.3) is 0 Å². The maximum atomic E-state index is 10.5. The topological polar surface area (TPSA) is 69.0 Å². The van der Waals surface area contributed by atoms with Gasteiger partial charge in [-0.05, 0) is 45.0 Å². The second-order valence-electron chi connectivity index (χ2n) is 8.07. The van der Waals surface area contributed by atoms with E-state index in [-0.39, 0.29) is 0 Å². The number of nitrogens with zero attached hydrogens (tertiary/aromatic N) is 3. The van der Waals surface area contributed by atoms with Crippen molar-refractivity contribution in [1.82, 2.24) is 14.7 Å². The first-order chi connectivity index (χ1) is 16.0. The number of aliphatic hydroxyl groups excluding tert-OH is 1. The zero-order valence-electron chi connectivity index (χ0n) is 20.0. The summed E-state index contributed by atoms with van der Waals surface area (Å²) in [5.74, 6) is 1.42. The molecule has 0 aliphatic rings. The molecule has 1 unspecified atom stereocenters. The number of aryl methyl sites for hydroxylation is 2. The monoisotopic (exact) mass is 453 g/mol. The van der Waals surface area contributed by atoms with Gasteiger partial charge in [0.05, 0.1) is 36.3 Å². The molecule has 1 aromatic heterocycles. The first-order valence-corrected chi connectivity index (χ1v) is 11.4. The SMILES string of the molecule is CCOCC(O)CN(CCOC)Cc1c(C)nn(-c2ccccc2)c1Oc1ccc(C)cc1. The molecule has 0 radical (unpaired) electrons. The van der Waals surface area contributed by atoms with E-state index in [2.05, 4.69) is 11.8 Å². The van der Waals surface area contributed by atoms with E-state index in [1.807, 2.05) is 73.1 Å². The highest BCUT2D eigenvalue weighted by atomic mass is 16.5. The van der Waals surface area contributed by atoms with E-state index in [9.17, 15) is 5.11 Å². The Hall–Kier alpha value is -2.71. The lowest BCUT2D eigenvalue weighted by Gasteiger charge is -2.25. The van der Waals surface area contributed by atoms with E-state index < -0.39 is 6.10 Å². The fourth-order valence-electron chi connectivity index (χ4n) is 3.57. The maximum Gasteiger partial charge on any atom is 0.227 e. The zero-order chi connectivity index (χ0) is 23.6. The molecule has 0 aliphatic carbocycles. The highest BCUT2D eigenvalue weighted by molar-refractivity contribution is 5.43. The zero-order valence-corrected chi connectivity index (χ0v) is 20.0. The minimum absolute atomic E-state index is 0.301. The minimum Gasteiger partial charge on any atom is -0.439 e. The van der Waals surface area contributed by atoms with Crippen LogP contribution in [0.4, 0.5) is 0 Å². The van der Waals surface area contributed by atoms with E-state index in [1.165, 1.54) is 5.56 Å². The van der Waals surface area contributed by atoms with Crippen molar-refractivity contribution in [2.24, 2.45) is 0 Å². The van der Waals surface area contributed by atoms with Gasteiger partial charge in [0.1, 0.15) is 5.75 Å². The Morgan fingerprint density at radius 2 is 1.79 bits per heavy atom. The van der Waals surface area contributed by atoms with Gasteiger partial charge in [-0.25, -0.2) is 4.68 Å². The smallest absolute Gasteiger partial charge is 0.227 e. The lowest BCUT2D eigenvalue weighted by molar-refractivity contribution is 0.0147. The highest BCUT2D eigenvalue weighted by Crippen LogP contribution is 2.31. The summed E-state index contributed by atoms with van der Waals surface area (Å²) < 4.78 is 19.0. The summed E-state index contributed by atoms with van der Waals surface area (Å²) in [6.45, 7) is 9.08. The van der Waals surface area contributed by atoms with Crippen LogP contribution in [0.3, 0.4) is 0 Å². The Balaban J connectivity index is 1.94. The van der Waals surface area contributed by atoms with Crippen LogP contribution in [-0.2, 0) is 16.0 Å². The molecule has 0 saturated heterocycles. The van der Waals surface area contributed by atoms with Crippen molar-refractivity contribution in [3.63, 3.8) is 0 Å². The molecule has 0 fully saturated rings. The van der Waals surface area contributed by atoms with Gasteiger partial charge in [0.2, 0.25) is 5.88 Å². The molecule has 1 atom stereocenters. The van der Waals surface area contributed by atoms with Crippen LogP contribution >= 0.6 is 0 Å². The molecule has 0 spiro atoms. The summed E-state index contributed by atoms with van der Waals surface area (Å²) in [6.07, 6.45) is -0.590. The van der Waals surface area contributed by atoms with Crippen molar-refractivity contribution in [2.45, 2.75) is 33.4 Å². The number of para-hydroxylation sites is 1. The van der Waals surface area contributed by atoms with Crippen LogP contribution in [0, 0.1) is 13.8 Å². The number of aliphatic hydroxyl groups is 1. The van der Waals surface area contributed by atoms with Gasteiger partial charge < -0.3 is 19.3 Å². The lowest BCUT2D eigenvalue weighted by Crippen LogP contribution is -2.36. The Morgan fingerprint density at radius 1 is 1.06 bits per heavy atom. The van der Waals surface area contributed by atoms with Crippen LogP contribution in [-0.4, -0.2) is 65.9 Å². The average molecular weight is 454 g/mol. The molecule has 0 aliphatic heterocycles. The van der Waals surface area contributed by atoms with Crippen molar-refractivity contribution in [2.75, 3.05) is 40.0 Å². The molecule has 2 aromatic carbocycles. The first kappa shape index (κ1) is 24.9. The van der Waals surface area contributed by atoms with E-state index >= 15 is 0 Å². The highest BCUT2D eigenvalue weighted by Gasteiger charge is 2.22. The number of aromatic nitrogens is 2. The molecule has 0 saturated carbocycles. The quantitative estimate of drug-likeness (QED) is 0.420.